The minimum atomic E-state index is -0.395. The van der Waals surface area contributed by atoms with E-state index in [2.05, 4.69) is 10.3 Å². The predicted octanol–water partition coefficient (Wildman–Crippen LogP) is 4.72. The normalized spacial score (nSPS) is 15.4. The van der Waals surface area contributed by atoms with Crippen molar-refractivity contribution in [3.05, 3.63) is 112 Å². The second-order valence-electron chi connectivity index (χ2n) is 9.34. The molecule has 2 aromatic carbocycles. The number of aromatic nitrogens is 1. The fraction of sp³-hybridized carbons (Fsp3) is 0.290. The Labute approximate surface area is 223 Å². The predicted molar refractivity (Wildman–Crippen MR) is 145 cm³/mol. The van der Waals surface area contributed by atoms with Crippen LogP contribution in [-0.4, -0.2) is 40.8 Å². The summed E-state index contributed by atoms with van der Waals surface area (Å²) in [7, 11) is 0. The highest BCUT2D eigenvalue weighted by Gasteiger charge is 2.37. The van der Waals surface area contributed by atoms with Crippen molar-refractivity contribution in [3.8, 4) is 0 Å². The minimum absolute atomic E-state index is 0.0554. The van der Waals surface area contributed by atoms with Gasteiger partial charge in [0.05, 0.1) is 18.7 Å². The van der Waals surface area contributed by atoms with Crippen LogP contribution in [0.25, 0.3) is 0 Å². The van der Waals surface area contributed by atoms with Crippen LogP contribution in [-0.2, 0) is 27.3 Å². The zero-order valence-corrected chi connectivity index (χ0v) is 22.1. The average molecular weight is 512 g/mol. The van der Waals surface area contributed by atoms with E-state index in [1.807, 2.05) is 61.5 Å². The van der Waals surface area contributed by atoms with Gasteiger partial charge in [0.15, 0.2) is 0 Å². The van der Waals surface area contributed by atoms with Gasteiger partial charge in [0.2, 0.25) is 5.91 Å². The van der Waals surface area contributed by atoms with Gasteiger partial charge in [-0.1, -0.05) is 42.5 Å². The molecule has 38 heavy (non-hydrogen) atoms. The molecule has 1 aromatic heterocycles. The molecule has 1 aliphatic heterocycles. The largest absolute Gasteiger partial charge is 0.463 e. The number of rotatable bonds is 9. The van der Waals surface area contributed by atoms with Gasteiger partial charge in [-0.2, -0.15) is 0 Å². The van der Waals surface area contributed by atoms with Gasteiger partial charge in [-0.3, -0.25) is 14.6 Å². The lowest BCUT2D eigenvalue weighted by Gasteiger charge is -2.35. The van der Waals surface area contributed by atoms with Gasteiger partial charge in [-0.25, -0.2) is 4.79 Å². The van der Waals surface area contributed by atoms with Crippen LogP contribution in [0.5, 0.6) is 0 Å². The van der Waals surface area contributed by atoms with Crippen molar-refractivity contribution in [2.24, 2.45) is 0 Å². The number of ether oxygens (including phenoxy) is 1. The Morgan fingerprint density at radius 2 is 1.76 bits per heavy atom. The van der Waals surface area contributed by atoms with Gasteiger partial charge >= 0.3 is 5.97 Å². The van der Waals surface area contributed by atoms with Crippen LogP contribution in [0.15, 0.2) is 84.2 Å². The molecule has 4 rings (SSSR count). The van der Waals surface area contributed by atoms with E-state index in [0.717, 1.165) is 22.4 Å². The minimum Gasteiger partial charge on any atom is -0.463 e. The lowest BCUT2D eigenvalue weighted by atomic mass is 9.81. The third-order valence-corrected chi connectivity index (χ3v) is 6.83. The molecule has 3 aromatic rings. The summed E-state index contributed by atoms with van der Waals surface area (Å²) in [5.74, 6) is -0.965. The number of esters is 1. The lowest BCUT2D eigenvalue weighted by Crippen LogP contribution is -2.38. The second kappa shape index (κ2) is 12.3. The number of nitrogens with zero attached hydrogens (tertiary/aromatic N) is 2. The maximum Gasteiger partial charge on any atom is 0.336 e. The van der Waals surface area contributed by atoms with E-state index in [9.17, 15) is 14.4 Å². The summed E-state index contributed by atoms with van der Waals surface area (Å²) in [6, 6.07) is 20.7. The van der Waals surface area contributed by atoms with Crippen LogP contribution in [0.2, 0.25) is 0 Å². The molecule has 0 saturated carbocycles. The Bertz CT molecular complexity index is 1330. The van der Waals surface area contributed by atoms with E-state index in [-0.39, 0.29) is 30.8 Å². The highest BCUT2D eigenvalue weighted by Crippen LogP contribution is 2.38. The molecule has 0 saturated heterocycles. The van der Waals surface area contributed by atoms with Crippen LogP contribution >= 0.6 is 0 Å². The van der Waals surface area contributed by atoms with Crippen LogP contribution in [0, 0.1) is 6.92 Å². The van der Waals surface area contributed by atoms with Gasteiger partial charge in [0.1, 0.15) is 0 Å². The molecule has 2 heterocycles. The Morgan fingerprint density at radius 1 is 1.03 bits per heavy atom. The van der Waals surface area contributed by atoms with Crippen molar-refractivity contribution >= 4 is 17.8 Å². The summed E-state index contributed by atoms with van der Waals surface area (Å²) in [6.07, 6.45) is 2.57. The first-order chi connectivity index (χ1) is 18.4. The van der Waals surface area contributed by atoms with Crippen LogP contribution in [0.1, 0.15) is 58.9 Å². The van der Waals surface area contributed by atoms with Crippen molar-refractivity contribution in [1.82, 2.24) is 15.2 Å². The van der Waals surface area contributed by atoms with Crippen molar-refractivity contribution in [2.45, 2.75) is 46.1 Å². The molecular weight excluding hydrogens is 478 g/mol. The molecule has 0 spiro atoms. The number of hydrogen-bond donors (Lipinski definition) is 1. The van der Waals surface area contributed by atoms with E-state index in [4.69, 9.17) is 4.74 Å². The number of hydrogen-bond acceptors (Lipinski definition) is 5. The first kappa shape index (κ1) is 26.8. The number of benzene rings is 2. The monoisotopic (exact) mass is 511 g/mol. The van der Waals surface area contributed by atoms with Crippen molar-refractivity contribution in [2.75, 3.05) is 13.2 Å². The highest BCUT2D eigenvalue weighted by molar-refractivity contribution is 5.96. The van der Waals surface area contributed by atoms with E-state index in [1.165, 1.54) is 0 Å². The topological polar surface area (TPSA) is 88.6 Å². The molecule has 7 heteroatoms. The molecule has 2 amide bonds. The smallest absolute Gasteiger partial charge is 0.336 e. The second-order valence-corrected chi connectivity index (χ2v) is 9.34. The van der Waals surface area contributed by atoms with E-state index < -0.39 is 5.97 Å². The van der Waals surface area contributed by atoms with Crippen molar-refractivity contribution in [1.29, 1.82) is 0 Å². The summed E-state index contributed by atoms with van der Waals surface area (Å²) < 4.78 is 5.40. The van der Waals surface area contributed by atoms with E-state index in [1.54, 1.807) is 37.1 Å². The number of aryl methyl sites for hydroxylation is 1. The zero-order chi connectivity index (χ0) is 27.1. The number of carbonyl (C=O) groups is 3. The summed E-state index contributed by atoms with van der Waals surface area (Å²) in [4.78, 5) is 44.8. The molecule has 1 atom stereocenters. The SMILES string of the molecule is CCOC(=O)C1=C(C)N(Cc2ccc(C(=O)NCCc3ccccn3)cc2)C(=O)CC1c1ccccc1C. The first-order valence-corrected chi connectivity index (χ1v) is 12.9. The third-order valence-electron chi connectivity index (χ3n) is 6.83. The third kappa shape index (κ3) is 6.17. The number of pyridine rings is 1. The number of amides is 2. The van der Waals surface area contributed by atoms with Gasteiger partial charge in [0.25, 0.3) is 5.91 Å². The molecule has 7 nitrogen and oxygen atoms in total. The summed E-state index contributed by atoms with van der Waals surface area (Å²) in [5, 5.41) is 2.92. The molecule has 1 N–H and O–H groups in total. The molecule has 0 bridgehead atoms. The fourth-order valence-corrected chi connectivity index (χ4v) is 4.82. The number of carbonyl (C=O) groups excluding carboxylic acids is 3. The Hall–Kier alpha value is -4.26. The summed E-state index contributed by atoms with van der Waals surface area (Å²) >= 11 is 0. The lowest BCUT2D eigenvalue weighted by molar-refractivity contribution is -0.140. The van der Waals surface area contributed by atoms with E-state index >= 15 is 0 Å². The average Bonchev–Trinajstić information content (AvgIpc) is 2.92. The molecule has 1 unspecified atom stereocenters. The van der Waals surface area contributed by atoms with Gasteiger partial charge in [-0.05, 0) is 61.7 Å². The Balaban J connectivity index is 1.49. The van der Waals surface area contributed by atoms with Gasteiger partial charge < -0.3 is 15.0 Å². The molecule has 196 valence electrons. The maximum atomic E-state index is 13.3. The Kier molecular flexibility index (Phi) is 8.69. The van der Waals surface area contributed by atoms with E-state index in [0.29, 0.717) is 36.3 Å². The standard InChI is InChI=1S/C31H33N3O4/c1-4-38-31(37)29-22(3)34(28(35)19-27(29)26-11-6-5-9-21(26)2)20-23-12-14-24(15-13-23)30(36)33-18-16-25-10-7-8-17-32-25/h5-15,17,27H,4,16,18-20H2,1-3H3,(H,33,36). The molecule has 0 aliphatic carbocycles. The number of nitrogens with one attached hydrogen (secondary N) is 1. The van der Waals surface area contributed by atoms with Crippen molar-refractivity contribution in [3.63, 3.8) is 0 Å². The first-order valence-electron chi connectivity index (χ1n) is 12.9. The molecule has 0 radical (unpaired) electrons. The molecule has 1 aliphatic rings. The van der Waals surface area contributed by atoms with Crippen LogP contribution in [0.4, 0.5) is 0 Å². The van der Waals surface area contributed by atoms with Gasteiger partial charge in [-0.15, -0.1) is 0 Å². The zero-order valence-electron chi connectivity index (χ0n) is 22.1. The quantitative estimate of drug-likeness (QED) is 0.420. The highest BCUT2D eigenvalue weighted by atomic mass is 16.5. The fourth-order valence-electron chi connectivity index (χ4n) is 4.82. The Morgan fingerprint density at radius 3 is 2.45 bits per heavy atom. The van der Waals surface area contributed by atoms with Crippen molar-refractivity contribution < 1.29 is 19.1 Å². The van der Waals surface area contributed by atoms with Crippen LogP contribution < -0.4 is 5.32 Å². The van der Waals surface area contributed by atoms with Crippen LogP contribution in [0.3, 0.4) is 0 Å². The van der Waals surface area contributed by atoms with Gasteiger partial charge in [0, 0.05) is 48.5 Å². The summed E-state index contributed by atoms with van der Waals surface area (Å²) in [5.41, 5.74) is 5.43. The number of allylic oxidation sites excluding steroid dienone is 1. The molecule has 0 fully saturated rings. The molecular formula is C31H33N3O4. The maximum absolute atomic E-state index is 13.3. The summed E-state index contributed by atoms with van der Waals surface area (Å²) in [6.45, 7) is 6.62.